The minimum absolute atomic E-state index is 0.233. The first-order valence-electron chi connectivity index (χ1n) is 4.93. The number of amides is 2. The van der Waals surface area contributed by atoms with Crippen molar-refractivity contribution in [2.45, 2.75) is 6.54 Å². The highest BCUT2D eigenvalue weighted by molar-refractivity contribution is 6.31. The molecule has 1 N–H and O–H groups in total. The second-order valence-corrected chi connectivity index (χ2v) is 4.12. The Labute approximate surface area is 98.2 Å². The molecule has 16 heavy (non-hydrogen) atoms. The molecule has 1 fully saturated rings. The monoisotopic (exact) mass is 238 g/mol. The minimum Gasteiger partial charge on any atom is -0.294 e. The van der Waals surface area contributed by atoms with Crippen LogP contribution in [0.5, 0.6) is 0 Å². The van der Waals surface area contributed by atoms with Gasteiger partial charge < -0.3 is 0 Å². The third kappa shape index (κ3) is 2.59. The Morgan fingerprint density at radius 3 is 2.44 bits per heavy atom. The Hall–Kier alpha value is -1.39. The summed E-state index contributed by atoms with van der Waals surface area (Å²) in [6.07, 6.45) is 0. The van der Waals surface area contributed by atoms with Gasteiger partial charge in [0.2, 0.25) is 11.8 Å². The van der Waals surface area contributed by atoms with Crippen molar-refractivity contribution in [2.24, 2.45) is 0 Å². The molecule has 1 heterocycles. The SMILES string of the molecule is O=C1CN(Cc2ccccc2Cl)CC(=O)N1. The third-order valence-corrected chi connectivity index (χ3v) is 2.73. The number of benzene rings is 1. The Morgan fingerprint density at radius 1 is 1.19 bits per heavy atom. The van der Waals surface area contributed by atoms with Gasteiger partial charge >= 0.3 is 0 Å². The Kier molecular flexibility index (Phi) is 3.22. The summed E-state index contributed by atoms with van der Waals surface area (Å²) in [7, 11) is 0. The van der Waals surface area contributed by atoms with Crippen molar-refractivity contribution in [1.29, 1.82) is 0 Å². The summed E-state index contributed by atoms with van der Waals surface area (Å²) >= 11 is 6.00. The van der Waals surface area contributed by atoms with Gasteiger partial charge in [0, 0.05) is 11.6 Å². The predicted octanol–water partition coefficient (Wildman–Crippen LogP) is 0.798. The van der Waals surface area contributed by atoms with Gasteiger partial charge in [0.25, 0.3) is 0 Å². The van der Waals surface area contributed by atoms with E-state index >= 15 is 0 Å². The van der Waals surface area contributed by atoms with Crippen molar-refractivity contribution in [3.63, 3.8) is 0 Å². The molecule has 0 aliphatic carbocycles. The molecule has 84 valence electrons. The van der Waals surface area contributed by atoms with Crippen LogP contribution in [0.25, 0.3) is 0 Å². The fourth-order valence-corrected chi connectivity index (χ4v) is 1.87. The number of carbonyl (C=O) groups is 2. The van der Waals surface area contributed by atoms with Crippen LogP contribution >= 0.6 is 11.6 Å². The van der Waals surface area contributed by atoms with Crippen LogP contribution in [0.3, 0.4) is 0 Å². The molecule has 1 aliphatic rings. The molecule has 0 saturated carbocycles. The Balaban J connectivity index is 2.07. The zero-order chi connectivity index (χ0) is 11.5. The van der Waals surface area contributed by atoms with Crippen LogP contribution in [0.15, 0.2) is 24.3 Å². The van der Waals surface area contributed by atoms with E-state index in [1.165, 1.54) is 0 Å². The lowest BCUT2D eigenvalue weighted by Gasteiger charge is -2.25. The molecule has 2 rings (SSSR count). The molecule has 1 saturated heterocycles. The minimum atomic E-state index is -0.261. The fourth-order valence-electron chi connectivity index (χ4n) is 1.68. The van der Waals surface area contributed by atoms with Gasteiger partial charge in [-0.3, -0.25) is 19.8 Å². The summed E-state index contributed by atoms with van der Waals surface area (Å²) in [6.45, 7) is 0.979. The summed E-state index contributed by atoms with van der Waals surface area (Å²) in [5, 5.41) is 2.91. The van der Waals surface area contributed by atoms with E-state index in [0.717, 1.165) is 5.56 Å². The maximum absolute atomic E-state index is 11.2. The Morgan fingerprint density at radius 2 is 1.81 bits per heavy atom. The molecule has 0 radical (unpaired) electrons. The number of carbonyl (C=O) groups excluding carboxylic acids is 2. The molecule has 5 heteroatoms. The highest BCUT2D eigenvalue weighted by atomic mass is 35.5. The first kappa shape index (κ1) is 11.1. The van der Waals surface area contributed by atoms with E-state index in [9.17, 15) is 9.59 Å². The summed E-state index contributed by atoms with van der Waals surface area (Å²) in [4.78, 5) is 24.1. The normalized spacial score (nSPS) is 17.3. The average Bonchev–Trinajstić information content (AvgIpc) is 2.20. The van der Waals surface area contributed by atoms with Crippen molar-refractivity contribution >= 4 is 23.4 Å². The predicted molar refractivity (Wildman–Crippen MR) is 59.9 cm³/mol. The first-order chi connectivity index (χ1) is 7.65. The number of halogens is 1. The number of hydrogen-bond acceptors (Lipinski definition) is 3. The molecule has 1 aromatic carbocycles. The van der Waals surface area contributed by atoms with Gasteiger partial charge in [0.1, 0.15) is 0 Å². The summed E-state index contributed by atoms with van der Waals surface area (Å²) in [5.41, 5.74) is 0.923. The molecule has 4 nitrogen and oxygen atoms in total. The number of nitrogens with zero attached hydrogens (tertiary/aromatic N) is 1. The van der Waals surface area contributed by atoms with Gasteiger partial charge in [-0.15, -0.1) is 0 Å². The van der Waals surface area contributed by atoms with Gasteiger partial charge in [-0.05, 0) is 11.6 Å². The van der Waals surface area contributed by atoms with Gasteiger partial charge in [0.15, 0.2) is 0 Å². The maximum atomic E-state index is 11.2. The Bertz CT molecular complexity index is 418. The van der Waals surface area contributed by atoms with Crippen molar-refractivity contribution < 1.29 is 9.59 Å². The number of imide groups is 1. The van der Waals surface area contributed by atoms with E-state index in [1.54, 1.807) is 11.0 Å². The third-order valence-electron chi connectivity index (χ3n) is 2.37. The van der Waals surface area contributed by atoms with Gasteiger partial charge in [-0.25, -0.2) is 0 Å². The van der Waals surface area contributed by atoms with Crippen LogP contribution in [-0.2, 0) is 16.1 Å². The van der Waals surface area contributed by atoms with Crippen LogP contribution in [0, 0.1) is 0 Å². The fraction of sp³-hybridized carbons (Fsp3) is 0.273. The van der Waals surface area contributed by atoms with Crippen LogP contribution in [0.2, 0.25) is 5.02 Å². The lowest BCUT2D eigenvalue weighted by molar-refractivity contribution is -0.136. The standard InChI is InChI=1S/C11H11ClN2O2/c12-9-4-2-1-3-8(9)5-14-6-10(15)13-11(16)7-14/h1-4H,5-7H2,(H,13,15,16). The molecular weight excluding hydrogens is 228 g/mol. The summed E-state index contributed by atoms with van der Waals surface area (Å²) in [6, 6.07) is 7.41. The zero-order valence-electron chi connectivity index (χ0n) is 8.57. The van der Waals surface area contributed by atoms with Crippen molar-refractivity contribution in [3.8, 4) is 0 Å². The molecule has 0 atom stereocenters. The summed E-state index contributed by atoms with van der Waals surface area (Å²) < 4.78 is 0. The van der Waals surface area contributed by atoms with Crippen molar-refractivity contribution in [2.75, 3.05) is 13.1 Å². The molecule has 1 aromatic rings. The van der Waals surface area contributed by atoms with Gasteiger partial charge in [0.05, 0.1) is 13.1 Å². The van der Waals surface area contributed by atoms with E-state index in [-0.39, 0.29) is 24.9 Å². The molecule has 0 unspecified atom stereocenters. The van der Waals surface area contributed by atoms with Crippen LogP contribution in [0.4, 0.5) is 0 Å². The second-order valence-electron chi connectivity index (χ2n) is 3.71. The van der Waals surface area contributed by atoms with Crippen LogP contribution in [-0.4, -0.2) is 29.8 Å². The molecule has 1 aliphatic heterocycles. The van der Waals surface area contributed by atoms with Crippen LogP contribution in [0.1, 0.15) is 5.56 Å². The number of rotatable bonds is 2. The smallest absolute Gasteiger partial charge is 0.240 e. The first-order valence-corrected chi connectivity index (χ1v) is 5.31. The molecular formula is C11H11ClN2O2. The quantitative estimate of drug-likeness (QED) is 0.776. The molecule has 0 aromatic heterocycles. The zero-order valence-corrected chi connectivity index (χ0v) is 9.33. The number of hydrogen-bond donors (Lipinski definition) is 1. The molecule has 0 spiro atoms. The number of piperazine rings is 1. The highest BCUT2D eigenvalue weighted by Crippen LogP contribution is 2.17. The summed E-state index contributed by atoms with van der Waals surface area (Å²) in [5.74, 6) is -0.522. The van der Waals surface area contributed by atoms with E-state index in [1.807, 2.05) is 18.2 Å². The van der Waals surface area contributed by atoms with Crippen LogP contribution < -0.4 is 5.32 Å². The van der Waals surface area contributed by atoms with Crippen molar-refractivity contribution in [3.05, 3.63) is 34.9 Å². The highest BCUT2D eigenvalue weighted by Gasteiger charge is 2.22. The second kappa shape index (κ2) is 4.63. The van der Waals surface area contributed by atoms with E-state index in [4.69, 9.17) is 11.6 Å². The number of nitrogens with one attached hydrogen (secondary N) is 1. The maximum Gasteiger partial charge on any atom is 0.240 e. The van der Waals surface area contributed by atoms with Gasteiger partial charge in [-0.2, -0.15) is 0 Å². The largest absolute Gasteiger partial charge is 0.294 e. The van der Waals surface area contributed by atoms with Crippen molar-refractivity contribution in [1.82, 2.24) is 10.2 Å². The van der Waals surface area contributed by atoms with E-state index in [2.05, 4.69) is 5.32 Å². The lowest BCUT2D eigenvalue weighted by Crippen LogP contribution is -2.50. The van der Waals surface area contributed by atoms with E-state index < -0.39 is 0 Å². The van der Waals surface area contributed by atoms with Gasteiger partial charge in [-0.1, -0.05) is 29.8 Å². The van der Waals surface area contributed by atoms with E-state index in [0.29, 0.717) is 11.6 Å². The average molecular weight is 239 g/mol. The molecule has 2 amide bonds. The lowest BCUT2D eigenvalue weighted by atomic mass is 10.2. The topological polar surface area (TPSA) is 49.4 Å². The molecule has 0 bridgehead atoms.